The molecule has 0 aromatic heterocycles. The highest BCUT2D eigenvalue weighted by Crippen LogP contribution is 2.39. The van der Waals surface area contributed by atoms with Gasteiger partial charge in [-0.05, 0) is 40.5 Å². The van der Waals surface area contributed by atoms with Crippen LogP contribution >= 0.6 is 11.6 Å². The van der Waals surface area contributed by atoms with Crippen molar-refractivity contribution in [2.24, 2.45) is 0 Å². The van der Waals surface area contributed by atoms with Gasteiger partial charge in [0, 0.05) is 5.57 Å². The summed E-state index contributed by atoms with van der Waals surface area (Å²) < 4.78 is 0. The second-order valence-electron chi connectivity index (χ2n) is 3.91. The standard InChI is InChI=1S/C14H7ClO2/c15-14(17)11-6-5-10-9-4-2-1-3-8(9)7-12(10)13(11)16/h1-7H. The molecule has 0 fully saturated rings. The zero-order valence-corrected chi connectivity index (χ0v) is 9.49. The molecule has 82 valence electrons. The maximum Gasteiger partial charge on any atom is 0.256 e. The van der Waals surface area contributed by atoms with Crippen molar-refractivity contribution in [1.82, 2.24) is 0 Å². The Bertz CT molecular complexity index is 648. The van der Waals surface area contributed by atoms with Gasteiger partial charge >= 0.3 is 0 Å². The van der Waals surface area contributed by atoms with Gasteiger partial charge in [-0.25, -0.2) is 0 Å². The van der Waals surface area contributed by atoms with Crippen LogP contribution in [0.2, 0.25) is 0 Å². The molecule has 2 nitrogen and oxygen atoms in total. The van der Waals surface area contributed by atoms with E-state index in [9.17, 15) is 9.59 Å². The van der Waals surface area contributed by atoms with Gasteiger partial charge < -0.3 is 0 Å². The first-order valence-corrected chi connectivity index (χ1v) is 5.54. The molecule has 2 aliphatic rings. The van der Waals surface area contributed by atoms with E-state index in [2.05, 4.69) is 0 Å². The minimum atomic E-state index is -0.706. The Morgan fingerprint density at radius 1 is 1.06 bits per heavy atom. The van der Waals surface area contributed by atoms with Crippen LogP contribution in [0.1, 0.15) is 11.1 Å². The third kappa shape index (κ3) is 1.41. The number of carbonyl (C=O) groups is 2. The zero-order valence-electron chi connectivity index (χ0n) is 8.74. The van der Waals surface area contributed by atoms with Crippen molar-refractivity contribution in [2.75, 3.05) is 0 Å². The first-order chi connectivity index (χ1) is 8.18. The molecule has 1 aromatic carbocycles. The second-order valence-corrected chi connectivity index (χ2v) is 4.25. The fourth-order valence-electron chi connectivity index (χ4n) is 2.16. The number of carbonyl (C=O) groups excluding carboxylic acids is 2. The molecule has 0 atom stereocenters. The van der Waals surface area contributed by atoms with Gasteiger partial charge in [0.1, 0.15) is 0 Å². The third-order valence-corrected chi connectivity index (χ3v) is 3.16. The molecule has 0 radical (unpaired) electrons. The average Bonchev–Trinajstić information content (AvgIpc) is 2.69. The number of allylic oxidation sites excluding steroid dienone is 5. The molecule has 1 aromatic rings. The van der Waals surface area contributed by atoms with E-state index in [-0.39, 0.29) is 11.4 Å². The molecule has 0 aliphatic heterocycles. The number of Topliss-reactive ketones (excluding diaryl/α,β-unsaturated/α-hetero) is 1. The molecular formula is C14H7ClO2. The first kappa shape index (κ1) is 10.2. The van der Waals surface area contributed by atoms with Crippen molar-refractivity contribution in [3.8, 4) is 0 Å². The molecule has 0 heterocycles. The van der Waals surface area contributed by atoms with Gasteiger partial charge in [-0.1, -0.05) is 30.3 Å². The lowest BCUT2D eigenvalue weighted by atomic mass is 9.92. The van der Waals surface area contributed by atoms with Gasteiger partial charge in [-0.15, -0.1) is 0 Å². The van der Waals surface area contributed by atoms with Gasteiger partial charge in [-0.2, -0.15) is 0 Å². The highest BCUT2D eigenvalue weighted by molar-refractivity contribution is 6.71. The maximum absolute atomic E-state index is 12.0. The molecule has 0 saturated heterocycles. The van der Waals surface area contributed by atoms with Gasteiger partial charge in [-0.3, -0.25) is 9.59 Å². The zero-order chi connectivity index (χ0) is 12.0. The average molecular weight is 243 g/mol. The Kier molecular flexibility index (Phi) is 2.13. The smallest absolute Gasteiger partial charge is 0.256 e. The molecule has 0 spiro atoms. The van der Waals surface area contributed by atoms with Crippen LogP contribution in [0.4, 0.5) is 0 Å². The molecular weight excluding hydrogens is 236 g/mol. The van der Waals surface area contributed by atoms with Crippen LogP contribution in [0.3, 0.4) is 0 Å². The van der Waals surface area contributed by atoms with Crippen molar-refractivity contribution in [1.29, 1.82) is 0 Å². The summed E-state index contributed by atoms with van der Waals surface area (Å²) in [5.41, 5.74) is 3.48. The summed E-state index contributed by atoms with van der Waals surface area (Å²) in [6, 6.07) is 7.74. The molecule has 0 N–H and O–H groups in total. The van der Waals surface area contributed by atoms with Crippen LogP contribution in [0.5, 0.6) is 0 Å². The van der Waals surface area contributed by atoms with Gasteiger partial charge in [0.05, 0.1) is 5.57 Å². The van der Waals surface area contributed by atoms with Crippen LogP contribution in [-0.2, 0) is 9.59 Å². The number of ketones is 1. The largest absolute Gasteiger partial charge is 0.288 e. The Balaban J connectivity index is 2.19. The van der Waals surface area contributed by atoms with Crippen LogP contribution in [-0.4, -0.2) is 11.0 Å². The fraction of sp³-hybridized carbons (Fsp3) is 0. The number of halogens is 1. The van der Waals surface area contributed by atoms with E-state index in [1.807, 2.05) is 24.3 Å². The van der Waals surface area contributed by atoms with Crippen LogP contribution in [0.25, 0.3) is 11.6 Å². The summed E-state index contributed by atoms with van der Waals surface area (Å²) in [5.74, 6) is -0.293. The van der Waals surface area contributed by atoms with Crippen LogP contribution in [0, 0.1) is 0 Å². The SMILES string of the molecule is O=C(Cl)C1=CC=C2C(=Cc3ccccc32)C1=O. The maximum atomic E-state index is 12.0. The molecule has 2 aliphatic carbocycles. The number of benzene rings is 1. The van der Waals surface area contributed by atoms with Crippen molar-refractivity contribution < 1.29 is 9.59 Å². The Morgan fingerprint density at radius 2 is 1.82 bits per heavy atom. The molecule has 0 amide bonds. The van der Waals surface area contributed by atoms with E-state index in [0.29, 0.717) is 5.57 Å². The lowest BCUT2D eigenvalue weighted by Gasteiger charge is -2.10. The quantitative estimate of drug-likeness (QED) is 0.561. The van der Waals surface area contributed by atoms with Gasteiger partial charge in [0.2, 0.25) is 0 Å². The van der Waals surface area contributed by atoms with Gasteiger partial charge in [0.15, 0.2) is 5.78 Å². The number of hydrogen-bond donors (Lipinski definition) is 0. The lowest BCUT2D eigenvalue weighted by molar-refractivity contribution is -0.115. The van der Waals surface area contributed by atoms with E-state index in [1.54, 1.807) is 12.2 Å². The Morgan fingerprint density at radius 3 is 2.59 bits per heavy atom. The first-order valence-electron chi connectivity index (χ1n) is 5.16. The van der Waals surface area contributed by atoms with Crippen molar-refractivity contribution in [3.05, 3.63) is 58.7 Å². The molecule has 17 heavy (non-hydrogen) atoms. The number of rotatable bonds is 1. The highest BCUT2D eigenvalue weighted by Gasteiger charge is 2.30. The summed E-state index contributed by atoms with van der Waals surface area (Å²) >= 11 is 5.37. The van der Waals surface area contributed by atoms with Crippen molar-refractivity contribution >= 4 is 34.3 Å². The van der Waals surface area contributed by atoms with E-state index in [0.717, 1.165) is 16.7 Å². The summed E-state index contributed by atoms with van der Waals surface area (Å²) in [7, 11) is 0. The Hall–Kier alpha value is -1.93. The Labute approximate surface area is 103 Å². The highest BCUT2D eigenvalue weighted by atomic mass is 35.5. The molecule has 3 heteroatoms. The fourth-order valence-corrected chi connectivity index (χ4v) is 2.30. The van der Waals surface area contributed by atoms with E-state index >= 15 is 0 Å². The number of fused-ring (bicyclic) bond motifs is 3. The van der Waals surface area contributed by atoms with E-state index in [4.69, 9.17) is 11.6 Å². The molecule has 0 bridgehead atoms. The summed E-state index contributed by atoms with van der Waals surface area (Å²) in [6.45, 7) is 0. The monoisotopic (exact) mass is 242 g/mol. The predicted molar refractivity (Wildman–Crippen MR) is 66.3 cm³/mol. The van der Waals surface area contributed by atoms with Crippen LogP contribution < -0.4 is 0 Å². The van der Waals surface area contributed by atoms with Gasteiger partial charge in [0.25, 0.3) is 5.24 Å². The molecule has 3 rings (SSSR count). The van der Waals surface area contributed by atoms with Crippen molar-refractivity contribution in [2.45, 2.75) is 0 Å². The minimum Gasteiger partial charge on any atom is -0.288 e. The van der Waals surface area contributed by atoms with E-state index < -0.39 is 5.24 Å². The molecule has 0 unspecified atom stereocenters. The predicted octanol–water partition coefficient (Wildman–Crippen LogP) is 2.74. The summed E-state index contributed by atoms with van der Waals surface area (Å²) in [4.78, 5) is 23.1. The molecule has 0 saturated carbocycles. The number of hydrogen-bond acceptors (Lipinski definition) is 2. The van der Waals surface area contributed by atoms with E-state index in [1.165, 1.54) is 6.08 Å². The third-order valence-electron chi connectivity index (χ3n) is 2.96. The normalized spacial score (nSPS) is 16.8. The summed E-state index contributed by atoms with van der Waals surface area (Å²) in [5, 5.41) is -0.706. The second kappa shape index (κ2) is 3.54. The lowest BCUT2D eigenvalue weighted by Crippen LogP contribution is -2.13. The summed E-state index contributed by atoms with van der Waals surface area (Å²) in [6.07, 6.45) is 5.07. The van der Waals surface area contributed by atoms with Crippen molar-refractivity contribution in [3.63, 3.8) is 0 Å². The topological polar surface area (TPSA) is 34.1 Å². The minimum absolute atomic E-state index is 0.0365. The van der Waals surface area contributed by atoms with Crippen LogP contribution in [0.15, 0.2) is 47.6 Å².